The Labute approximate surface area is 107 Å². The highest BCUT2D eigenvalue weighted by Crippen LogP contribution is 2.39. The minimum Gasteiger partial charge on any atom is -0.317 e. The molecule has 1 amide bonds. The summed E-state index contributed by atoms with van der Waals surface area (Å²) in [6.07, 6.45) is 2.04. The van der Waals surface area contributed by atoms with Gasteiger partial charge in [0.1, 0.15) is 0 Å². The summed E-state index contributed by atoms with van der Waals surface area (Å²) in [7, 11) is 1.70. The Kier molecular flexibility index (Phi) is 3.10. The predicted octanol–water partition coefficient (Wildman–Crippen LogP) is 1.65. The van der Waals surface area contributed by atoms with E-state index in [1.807, 2.05) is 6.07 Å². The fourth-order valence-electron chi connectivity index (χ4n) is 2.12. The number of carbonyl (C=O) groups excluding carboxylic acids is 1. The van der Waals surface area contributed by atoms with Gasteiger partial charge in [-0.1, -0.05) is 6.07 Å². The number of hydrogen-bond acceptors (Lipinski definition) is 3. The van der Waals surface area contributed by atoms with E-state index >= 15 is 0 Å². The van der Waals surface area contributed by atoms with Gasteiger partial charge in [0, 0.05) is 12.7 Å². The zero-order valence-electron chi connectivity index (χ0n) is 10.7. The average Bonchev–Trinajstić information content (AvgIpc) is 3.21. The van der Waals surface area contributed by atoms with Crippen LogP contribution in [0.25, 0.3) is 0 Å². The molecule has 0 heterocycles. The normalized spacial score (nSPS) is 17.7. The molecule has 1 unspecified atom stereocenters. The molecule has 4 nitrogen and oxygen atoms in total. The first kappa shape index (κ1) is 12.6. The monoisotopic (exact) mass is 243 g/mol. The van der Waals surface area contributed by atoms with E-state index in [1.54, 1.807) is 37.1 Å². The van der Waals surface area contributed by atoms with Crippen molar-refractivity contribution in [2.24, 2.45) is 11.7 Å². The molecule has 0 radical (unpaired) electrons. The fraction of sp³-hybridized carbons (Fsp3) is 0.429. The molecular formula is C14H17N3O. The minimum absolute atomic E-state index is 0.0971. The molecule has 1 aromatic rings. The van der Waals surface area contributed by atoms with Crippen molar-refractivity contribution in [3.63, 3.8) is 0 Å². The first-order chi connectivity index (χ1) is 8.46. The summed E-state index contributed by atoms with van der Waals surface area (Å²) in [6.45, 7) is 1.79. The number of nitrogens with two attached hydrogens (primary N) is 1. The van der Waals surface area contributed by atoms with E-state index in [2.05, 4.69) is 6.07 Å². The highest BCUT2D eigenvalue weighted by atomic mass is 16.2. The van der Waals surface area contributed by atoms with Crippen LogP contribution < -0.4 is 10.6 Å². The summed E-state index contributed by atoms with van der Waals surface area (Å²) in [6, 6.07) is 9.05. The summed E-state index contributed by atoms with van der Waals surface area (Å²) in [5, 5.41) is 8.86. The van der Waals surface area contributed by atoms with Crippen LogP contribution >= 0.6 is 0 Å². The summed E-state index contributed by atoms with van der Waals surface area (Å²) in [5.74, 6) is 0.187. The van der Waals surface area contributed by atoms with E-state index in [-0.39, 0.29) is 11.8 Å². The van der Waals surface area contributed by atoms with E-state index in [0.29, 0.717) is 11.3 Å². The molecule has 2 N–H and O–H groups in total. The summed E-state index contributed by atoms with van der Waals surface area (Å²) in [4.78, 5) is 13.9. The molecule has 0 aliphatic heterocycles. The number of amides is 1. The van der Waals surface area contributed by atoms with Gasteiger partial charge >= 0.3 is 0 Å². The van der Waals surface area contributed by atoms with E-state index in [1.165, 1.54) is 0 Å². The van der Waals surface area contributed by atoms with Gasteiger partial charge in [-0.3, -0.25) is 4.79 Å². The van der Waals surface area contributed by atoms with E-state index in [0.717, 1.165) is 12.8 Å². The van der Waals surface area contributed by atoms with Gasteiger partial charge in [-0.2, -0.15) is 5.26 Å². The van der Waals surface area contributed by atoms with Gasteiger partial charge in [0.15, 0.2) is 0 Å². The molecule has 0 saturated heterocycles. The fourth-order valence-corrected chi connectivity index (χ4v) is 2.12. The number of likely N-dealkylation sites (N-methyl/N-ethyl adjacent to an activating group) is 1. The van der Waals surface area contributed by atoms with Crippen molar-refractivity contribution in [3.05, 3.63) is 29.8 Å². The maximum atomic E-state index is 12.4. The topological polar surface area (TPSA) is 70.1 Å². The quantitative estimate of drug-likeness (QED) is 0.877. The van der Waals surface area contributed by atoms with E-state index in [9.17, 15) is 4.79 Å². The number of nitrogens with zero attached hydrogens (tertiary/aromatic N) is 2. The lowest BCUT2D eigenvalue weighted by Crippen LogP contribution is -2.54. The summed E-state index contributed by atoms with van der Waals surface area (Å²) < 4.78 is 0. The predicted molar refractivity (Wildman–Crippen MR) is 69.9 cm³/mol. The number of anilines is 1. The second-order valence-electron chi connectivity index (χ2n) is 5.08. The molecule has 4 heteroatoms. The molecule has 94 valence electrons. The molecule has 0 aromatic heterocycles. The van der Waals surface area contributed by atoms with Crippen LogP contribution in [-0.2, 0) is 4.79 Å². The van der Waals surface area contributed by atoms with Gasteiger partial charge in [0.2, 0.25) is 5.91 Å². The lowest BCUT2D eigenvalue weighted by atomic mass is 9.95. The van der Waals surface area contributed by atoms with Gasteiger partial charge in [-0.05, 0) is 43.9 Å². The molecule has 18 heavy (non-hydrogen) atoms. The molecule has 1 saturated carbocycles. The van der Waals surface area contributed by atoms with Gasteiger partial charge in [-0.15, -0.1) is 0 Å². The Morgan fingerprint density at radius 1 is 1.56 bits per heavy atom. The molecule has 1 atom stereocenters. The van der Waals surface area contributed by atoms with Crippen molar-refractivity contribution < 1.29 is 4.79 Å². The third-order valence-electron chi connectivity index (χ3n) is 3.55. The van der Waals surface area contributed by atoms with Crippen molar-refractivity contribution >= 4 is 11.6 Å². The van der Waals surface area contributed by atoms with Gasteiger partial charge < -0.3 is 10.6 Å². The maximum Gasteiger partial charge on any atom is 0.246 e. The standard InChI is InChI=1S/C14H17N3O/c1-14(16,11-6-7-11)13(18)17(2)12-5-3-4-10(8-12)9-15/h3-5,8,11H,6-7,16H2,1-2H3. The Morgan fingerprint density at radius 3 is 2.78 bits per heavy atom. The largest absolute Gasteiger partial charge is 0.317 e. The van der Waals surface area contributed by atoms with Crippen LogP contribution in [0.2, 0.25) is 0 Å². The van der Waals surface area contributed by atoms with Crippen molar-refractivity contribution in [2.75, 3.05) is 11.9 Å². The number of carbonyl (C=O) groups is 1. The highest BCUT2D eigenvalue weighted by Gasteiger charge is 2.45. The number of rotatable bonds is 3. The van der Waals surface area contributed by atoms with Crippen molar-refractivity contribution in [2.45, 2.75) is 25.3 Å². The van der Waals surface area contributed by atoms with Crippen LogP contribution in [0, 0.1) is 17.2 Å². The maximum absolute atomic E-state index is 12.4. The van der Waals surface area contributed by atoms with Crippen LogP contribution in [0.4, 0.5) is 5.69 Å². The molecule has 1 aliphatic carbocycles. The zero-order chi connectivity index (χ0) is 13.3. The lowest BCUT2D eigenvalue weighted by molar-refractivity contribution is -0.123. The smallest absolute Gasteiger partial charge is 0.246 e. The minimum atomic E-state index is -0.808. The van der Waals surface area contributed by atoms with E-state index in [4.69, 9.17) is 11.0 Å². The molecule has 0 spiro atoms. The molecule has 1 aromatic carbocycles. The Bertz CT molecular complexity index is 512. The Morgan fingerprint density at radius 2 is 2.22 bits per heavy atom. The van der Waals surface area contributed by atoms with Crippen molar-refractivity contribution in [1.29, 1.82) is 5.26 Å². The second kappa shape index (κ2) is 4.43. The Hall–Kier alpha value is -1.86. The van der Waals surface area contributed by atoms with Crippen LogP contribution in [0.3, 0.4) is 0 Å². The highest BCUT2D eigenvalue weighted by molar-refractivity contribution is 6.00. The number of benzene rings is 1. The molecule has 1 fully saturated rings. The second-order valence-corrected chi connectivity index (χ2v) is 5.08. The zero-order valence-corrected chi connectivity index (χ0v) is 10.7. The summed E-state index contributed by atoms with van der Waals surface area (Å²) in [5.41, 5.74) is 6.55. The van der Waals surface area contributed by atoms with Gasteiger partial charge in [0.05, 0.1) is 17.2 Å². The first-order valence-electron chi connectivity index (χ1n) is 6.04. The van der Waals surface area contributed by atoms with Crippen molar-refractivity contribution in [1.82, 2.24) is 0 Å². The van der Waals surface area contributed by atoms with Crippen LogP contribution in [0.5, 0.6) is 0 Å². The van der Waals surface area contributed by atoms with E-state index < -0.39 is 5.54 Å². The molecule has 0 bridgehead atoms. The van der Waals surface area contributed by atoms with Gasteiger partial charge in [-0.25, -0.2) is 0 Å². The third-order valence-corrected chi connectivity index (χ3v) is 3.55. The third kappa shape index (κ3) is 2.22. The average molecular weight is 243 g/mol. The van der Waals surface area contributed by atoms with Gasteiger partial charge in [0.25, 0.3) is 0 Å². The number of hydrogen-bond donors (Lipinski definition) is 1. The van der Waals surface area contributed by atoms with Crippen LogP contribution in [-0.4, -0.2) is 18.5 Å². The van der Waals surface area contributed by atoms with Crippen LogP contribution in [0.15, 0.2) is 24.3 Å². The Balaban J connectivity index is 2.22. The first-order valence-corrected chi connectivity index (χ1v) is 6.04. The molecule has 1 aliphatic rings. The molecular weight excluding hydrogens is 226 g/mol. The lowest BCUT2D eigenvalue weighted by Gasteiger charge is -2.29. The SMILES string of the molecule is CN(C(=O)C(C)(N)C1CC1)c1cccc(C#N)c1. The van der Waals surface area contributed by atoms with Crippen LogP contribution in [0.1, 0.15) is 25.3 Å². The number of nitriles is 1. The summed E-state index contributed by atoms with van der Waals surface area (Å²) >= 11 is 0. The van der Waals surface area contributed by atoms with Crippen molar-refractivity contribution in [3.8, 4) is 6.07 Å². The molecule has 2 rings (SSSR count).